The summed E-state index contributed by atoms with van der Waals surface area (Å²) in [5.41, 5.74) is 2.39. The summed E-state index contributed by atoms with van der Waals surface area (Å²) < 4.78 is 2.14. The molecule has 0 unspecified atom stereocenters. The van der Waals surface area contributed by atoms with Gasteiger partial charge in [-0.15, -0.1) is 0 Å². The van der Waals surface area contributed by atoms with Crippen molar-refractivity contribution in [3.8, 4) is 0 Å². The van der Waals surface area contributed by atoms with E-state index in [9.17, 15) is 0 Å². The fourth-order valence-corrected chi connectivity index (χ4v) is 2.01. The summed E-state index contributed by atoms with van der Waals surface area (Å²) in [5.74, 6) is 0. The molecule has 0 saturated heterocycles. The molecule has 0 radical (unpaired) electrons. The van der Waals surface area contributed by atoms with Crippen LogP contribution in [0.4, 0.5) is 0 Å². The first-order valence-corrected chi connectivity index (χ1v) is 6.61. The molecule has 0 aliphatic rings. The van der Waals surface area contributed by atoms with Crippen molar-refractivity contribution in [2.24, 2.45) is 0 Å². The quantitative estimate of drug-likeness (QED) is 0.812. The molecule has 0 aliphatic carbocycles. The Bertz CT molecular complexity index is 493. The molecule has 0 aliphatic heterocycles. The van der Waals surface area contributed by atoms with Gasteiger partial charge in [-0.2, -0.15) is 0 Å². The summed E-state index contributed by atoms with van der Waals surface area (Å²) >= 11 is 6.10. The fourth-order valence-electron chi connectivity index (χ4n) is 1.83. The monoisotopic (exact) mass is 263 g/mol. The van der Waals surface area contributed by atoms with Gasteiger partial charge in [-0.25, -0.2) is 0 Å². The Morgan fingerprint density at radius 2 is 2.28 bits per heavy atom. The highest BCUT2D eigenvalue weighted by molar-refractivity contribution is 6.31. The molecule has 0 bridgehead atoms. The standard InChI is InChI=1S/C14H18ClN3/c1-2-5-16-8-12-4-7-18(10-12)11-13-3-6-17-9-14(13)15/h3-4,6-7,9-10,16H,2,5,8,11H2,1H3. The summed E-state index contributed by atoms with van der Waals surface area (Å²) in [7, 11) is 0. The summed E-state index contributed by atoms with van der Waals surface area (Å²) in [5, 5.41) is 4.11. The van der Waals surface area contributed by atoms with E-state index in [1.165, 1.54) is 5.56 Å². The van der Waals surface area contributed by atoms with Crippen molar-refractivity contribution in [2.75, 3.05) is 6.54 Å². The number of nitrogens with zero attached hydrogens (tertiary/aromatic N) is 2. The van der Waals surface area contributed by atoms with Crippen LogP contribution in [-0.2, 0) is 13.1 Å². The Hall–Kier alpha value is -1.32. The molecule has 0 atom stereocenters. The third-order valence-corrected chi connectivity index (χ3v) is 3.12. The molecule has 0 amide bonds. The highest BCUT2D eigenvalue weighted by Gasteiger charge is 2.01. The second-order valence-electron chi connectivity index (χ2n) is 4.34. The maximum atomic E-state index is 6.10. The number of halogens is 1. The first kappa shape index (κ1) is 13.1. The molecule has 1 N–H and O–H groups in total. The lowest BCUT2D eigenvalue weighted by Crippen LogP contribution is -2.13. The smallest absolute Gasteiger partial charge is 0.0639 e. The van der Waals surface area contributed by atoms with Gasteiger partial charge in [0.25, 0.3) is 0 Å². The minimum atomic E-state index is 0.719. The average Bonchev–Trinajstić information content (AvgIpc) is 2.80. The molecule has 0 fully saturated rings. The minimum Gasteiger partial charge on any atom is -0.350 e. The second kappa shape index (κ2) is 6.57. The van der Waals surface area contributed by atoms with Crippen molar-refractivity contribution in [2.45, 2.75) is 26.4 Å². The van der Waals surface area contributed by atoms with Crippen LogP contribution in [0.2, 0.25) is 5.02 Å². The molecule has 2 heterocycles. The number of rotatable bonds is 6. The van der Waals surface area contributed by atoms with Crippen LogP contribution in [0.1, 0.15) is 24.5 Å². The van der Waals surface area contributed by atoms with Crippen LogP contribution in [-0.4, -0.2) is 16.1 Å². The normalized spacial score (nSPS) is 10.8. The van der Waals surface area contributed by atoms with Crippen molar-refractivity contribution in [3.05, 3.63) is 53.1 Å². The van der Waals surface area contributed by atoms with E-state index in [2.05, 4.69) is 40.3 Å². The van der Waals surface area contributed by atoms with Gasteiger partial charge in [0.15, 0.2) is 0 Å². The molecule has 2 aromatic heterocycles. The highest BCUT2D eigenvalue weighted by Crippen LogP contribution is 2.15. The lowest BCUT2D eigenvalue weighted by Gasteiger charge is -2.05. The largest absolute Gasteiger partial charge is 0.350 e. The number of pyridine rings is 1. The van der Waals surface area contributed by atoms with E-state index >= 15 is 0 Å². The third kappa shape index (κ3) is 3.59. The van der Waals surface area contributed by atoms with Gasteiger partial charge in [-0.3, -0.25) is 4.98 Å². The van der Waals surface area contributed by atoms with Crippen LogP contribution in [0.3, 0.4) is 0 Å². The Kier molecular flexibility index (Phi) is 4.79. The predicted octanol–water partition coefficient (Wildman–Crippen LogP) is 3.08. The molecule has 18 heavy (non-hydrogen) atoms. The molecule has 4 heteroatoms. The fraction of sp³-hybridized carbons (Fsp3) is 0.357. The van der Waals surface area contributed by atoms with Gasteiger partial charge in [-0.1, -0.05) is 18.5 Å². The van der Waals surface area contributed by atoms with Gasteiger partial charge in [0.2, 0.25) is 0 Å². The molecular formula is C14H18ClN3. The summed E-state index contributed by atoms with van der Waals surface area (Å²) in [4.78, 5) is 3.99. The summed E-state index contributed by atoms with van der Waals surface area (Å²) in [6.45, 7) is 4.94. The van der Waals surface area contributed by atoms with Gasteiger partial charge < -0.3 is 9.88 Å². The van der Waals surface area contributed by atoms with Gasteiger partial charge in [-0.05, 0) is 36.2 Å². The molecule has 96 valence electrons. The zero-order valence-electron chi connectivity index (χ0n) is 10.6. The Morgan fingerprint density at radius 1 is 1.39 bits per heavy atom. The number of hydrogen-bond donors (Lipinski definition) is 1. The molecule has 2 aromatic rings. The van der Waals surface area contributed by atoms with Crippen molar-refractivity contribution in [3.63, 3.8) is 0 Å². The minimum absolute atomic E-state index is 0.719. The molecular weight excluding hydrogens is 246 g/mol. The second-order valence-corrected chi connectivity index (χ2v) is 4.74. The lowest BCUT2D eigenvalue weighted by molar-refractivity contribution is 0.673. The Balaban J connectivity index is 1.96. The van der Waals surface area contributed by atoms with E-state index in [1.807, 2.05) is 6.07 Å². The molecule has 3 nitrogen and oxygen atoms in total. The first-order valence-electron chi connectivity index (χ1n) is 6.23. The maximum absolute atomic E-state index is 6.10. The topological polar surface area (TPSA) is 29.9 Å². The van der Waals surface area contributed by atoms with Crippen LogP contribution < -0.4 is 5.32 Å². The SMILES string of the molecule is CCCNCc1ccn(Cc2ccncc2Cl)c1. The Labute approximate surface area is 113 Å². The maximum Gasteiger partial charge on any atom is 0.0639 e. The van der Waals surface area contributed by atoms with Gasteiger partial charge in [0.05, 0.1) is 5.02 Å². The van der Waals surface area contributed by atoms with Crippen LogP contribution in [0.5, 0.6) is 0 Å². The Morgan fingerprint density at radius 3 is 3.06 bits per heavy atom. The van der Waals surface area contributed by atoms with Gasteiger partial charge in [0, 0.05) is 37.9 Å². The van der Waals surface area contributed by atoms with Crippen LogP contribution in [0.15, 0.2) is 36.9 Å². The van der Waals surface area contributed by atoms with E-state index < -0.39 is 0 Å². The van der Waals surface area contributed by atoms with E-state index in [0.717, 1.165) is 36.6 Å². The molecule has 0 spiro atoms. The lowest BCUT2D eigenvalue weighted by atomic mass is 10.2. The molecule has 2 rings (SSSR count). The van der Waals surface area contributed by atoms with Crippen molar-refractivity contribution in [1.82, 2.24) is 14.9 Å². The van der Waals surface area contributed by atoms with Crippen molar-refractivity contribution >= 4 is 11.6 Å². The van der Waals surface area contributed by atoms with Crippen LogP contribution in [0.25, 0.3) is 0 Å². The van der Waals surface area contributed by atoms with Gasteiger partial charge in [0.1, 0.15) is 0 Å². The number of nitrogens with one attached hydrogen (secondary N) is 1. The molecule has 0 saturated carbocycles. The first-order chi connectivity index (χ1) is 8.79. The average molecular weight is 264 g/mol. The third-order valence-electron chi connectivity index (χ3n) is 2.78. The van der Waals surface area contributed by atoms with E-state index in [4.69, 9.17) is 11.6 Å². The molecule has 0 aromatic carbocycles. The highest BCUT2D eigenvalue weighted by atomic mass is 35.5. The van der Waals surface area contributed by atoms with E-state index in [0.29, 0.717) is 0 Å². The van der Waals surface area contributed by atoms with Crippen LogP contribution >= 0.6 is 11.6 Å². The zero-order chi connectivity index (χ0) is 12.8. The zero-order valence-corrected chi connectivity index (χ0v) is 11.3. The van der Waals surface area contributed by atoms with Crippen molar-refractivity contribution < 1.29 is 0 Å². The van der Waals surface area contributed by atoms with Gasteiger partial charge >= 0.3 is 0 Å². The van der Waals surface area contributed by atoms with Crippen molar-refractivity contribution in [1.29, 1.82) is 0 Å². The summed E-state index contributed by atoms with van der Waals surface area (Å²) in [6, 6.07) is 4.09. The summed E-state index contributed by atoms with van der Waals surface area (Å²) in [6.07, 6.45) is 8.85. The van der Waals surface area contributed by atoms with Crippen LogP contribution in [0, 0.1) is 0 Å². The number of hydrogen-bond acceptors (Lipinski definition) is 2. The number of aromatic nitrogens is 2. The van der Waals surface area contributed by atoms with E-state index in [1.54, 1.807) is 12.4 Å². The predicted molar refractivity (Wildman–Crippen MR) is 74.8 cm³/mol. The van der Waals surface area contributed by atoms with E-state index in [-0.39, 0.29) is 0 Å².